The van der Waals surface area contributed by atoms with E-state index in [1.807, 2.05) is 44.2 Å². The highest BCUT2D eigenvalue weighted by Crippen LogP contribution is 2.14. The number of nitrogens with zero attached hydrogens (tertiary/aromatic N) is 1. The molecule has 2 aromatic rings. The van der Waals surface area contributed by atoms with E-state index >= 15 is 0 Å². The van der Waals surface area contributed by atoms with E-state index in [0.29, 0.717) is 12.0 Å². The lowest BCUT2D eigenvalue weighted by atomic mass is 10.0. The summed E-state index contributed by atoms with van der Waals surface area (Å²) in [6.07, 6.45) is 0.965. The summed E-state index contributed by atoms with van der Waals surface area (Å²) in [7, 11) is 0. The molecule has 4 amide bonds. The molecule has 9 nitrogen and oxygen atoms in total. The van der Waals surface area contributed by atoms with E-state index < -0.39 is 42.1 Å². The second kappa shape index (κ2) is 15.0. The van der Waals surface area contributed by atoms with Crippen molar-refractivity contribution < 1.29 is 29.0 Å². The third-order valence-electron chi connectivity index (χ3n) is 6.10. The van der Waals surface area contributed by atoms with Gasteiger partial charge >= 0.3 is 12.1 Å². The number of benzene rings is 2. The molecule has 2 rings (SSSR count). The molecule has 9 heteroatoms. The lowest BCUT2D eigenvalue weighted by Crippen LogP contribution is -2.51. The Labute approximate surface area is 230 Å². The summed E-state index contributed by atoms with van der Waals surface area (Å²) in [5, 5.41) is 14.8. The largest absolute Gasteiger partial charge is 0.444 e. The van der Waals surface area contributed by atoms with Crippen molar-refractivity contribution in [3.05, 3.63) is 71.3 Å². The highest BCUT2D eigenvalue weighted by molar-refractivity contribution is 6.05. The first-order chi connectivity index (χ1) is 18.4. The number of Topliss-reactive ketones (excluding diaryl/α,β-unsaturated/α-hetero) is 1. The predicted molar refractivity (Wildman–Crippen MR) is 149 cm³/mol. The molecule has 0 fully saturated rings. The molecule has 212 valence electrons. The van der Waals surface area contributed by atoms with Crippen molar-refractivity contribution in [2.24, 2.45) is 5.92 Å². The maximum atomic E-state index is 13.5. The summed E-state index contributed by atoms with van der Waals surface area (Å²) in [5.74, 6) is -1.02. The quantitative estimate of drug-likeness (QED) is 0.365. The first kappa shape index (κ1) is 31.5. The molecule has 3 N–H and O–H groups in total. The molecule has 0 aromatic heterocycles. The Morgan fingerprint density at radius 1 is 1.00 bits per heavy atom. The molecule has 0 bridgehead atoms. The average Bonchev–Trinajstić information content (AvgIpc) is 2.91. The first-order valence-corrected chi connectivity index (χ1v) is 13.3. The number of imide groups is 1. The van der Waals surface area contributed by atoms with Crippen molar-refractivity contribution in [1.82, 2.24) is 15.5 Å². The number of hydrogen-bond donors (Lipinski definition) is 3. The van der Waals surface area contributed by atoms with Crippen molar-refractivity contribution in [2.45, 2.75) is 72.1 Å². The number of nitrogens with one attached hydrogen (secondary N) is 2. The van der Waals surface area contributed by atoms with Gasteiger partial charge in [-0.3, -0.25) is 14.5 Å². The fourth-order valence-electron chi connectivity index (χ4n) is 3.76. The second-order valence-electron chi connectivity index (χ2n) is 10.6. The number of alkyl carbamates (subject to hydrolysis) is 1. The zero-order chi connectivity index (χ0) is 29.0. The van der Waals surface area contributed by atoms with Crippen molar-refractivity contribution in [3.8, 4) is 0 Å². The third kappa shape index (κ3) is 10.9. The standard InChI is InChI=1S/C30H41N3O6/c1-6-21(2)19-33(28(37)32-25(26(35)20-34)16-15-22-11-8-7-9-12-22)27(36)24-14-10-13-23(17-24)18-31-29(38)39-30(3,4)5/h7-14,17,21,25,34H,6,15-16,18-20H2,1-5H3,(H,31,38)(H,32,37)/t21?,25-/m0/s1. The van der Waals surface area contributed by atoms with E-state index in [1.165, 1.54) is 0 Å². The summed E-state index contributed by atoms with van der Waals surface area (Å²) >= 11 is 0. The van der Waals surface area contributed by atoms with Crippen molar-refractivity contribution in [1.29, 1.82) is 0 Å². The van der Waals surface area contributed by atoms with Crippen LogP contribution in [0.25, 0.3) is 0 Å². The van der Waals surface area contributed by atoms with Crippen LogP contribution in [0.5, 0.6) is 0 Å². The Morgan fingerprint density at radius 3 is 2.28 bits per heavy atom. The highest BCUT2D eigenvalue weighted by atomic mass is 16.6. The fourth-order valence-corrected chi connectivity index (χ4v) is 3.76. The van der Waals surface area contributed by atoms with Crippen molar-refractivity contribution >= 4 is 23.8 Å². The number of ether oxygens (including phenoxy) is 1. The zero-order valence-corrected chi connectivity index (χ0v) is 23.5. The molecule has 0 aliphatic carbocycles. The Balaban J connectivity index is 2.19. The van der Waals surface area contributed by atoms with Gasteiger partial charge in [0.05, 0.1) is 6.04 Å². The van der Waals surface area contributed by atoms with Gasteiger partial charge in [-0.15, -0.1) is 0 Å². The SMILES string of the molecule is CCC(C)CN(C(=O)N[C@@H](CCc1ccccc1)C(=O)CO)C(=O)c1cccc(CNC(=O)OC(C)(C)C)c1. The van der Waals surface area contributed by atoms with E-state index in [9.17, 15) is 24.3 Å². The second-order valence-corrected chi connectivity index (χ2v) is 10.6. The van der Waals surface area contributed by atoms with Gasteiger partial charge in [0.2, 0.25) is 0 Å². The minimum atomic E-state index is -0.945. The molecule has 2 atom stereocenters. The molecule has 2 aromatic carbocycles. The zero-order valence-electron chi connectivity index (χ0n) is 23.5. The molecule has 0 aliphatic heterocycles. The molecular weight excluding hydrogens is 498 g/mol. The molecule has 0 spiro atoms. The minimum Gasteiger partial charge on any atom is -0.444 e. The van der Waals surface area contributed by atoms with Crippen LogP contribution < -0.4 is 10.6 Å². The molecule has 0 saturated carbocycles. The Morgan fingerprint density at radius 2 is 1.67 bits per heavy atom. The first-order valence-electron chi connectivity index (χ1n) is 13.3. The summed E-state index contributed by atoms with van der Waals surface area (Å²) in [6, 6.07) is 14.5. The summed E-state index contributed by atoms with van der Waals surface area (Å²) in [5.41, 5.74) is 1.28. The fraction of sp³-hybridized carbons (Fsp3) is 0.467. The number of urea groups is 1. The summed E-state index contributed by atoms with van der Waals surface area (Å²) in [6.45, 7) is 8.77. The summed E-state index contributed by atoms with van der Waals surface area (Å²) < 4.78 is 5.25. The van der Waals surface area contributed by atoms with Gasteiger partial charge in [0, 0.05) is 18.7 Å². The average molecular weight is 540 g/mol. The van der Waals surface area contributed by atoms with Gasteiger partial charge in [-0.05, 0) is 62.8 Å². The lowest BCUT2D eigenvalue weighted by Gasteiger charge is -2.27. The Kier molecular flexibility index (Phi) is 12.1. The topological polar surface area (TPSA) is 125 Å². The van der Waals surface area contributed by atoms with Crippen LogP contribution in [0.15, 0.2) is 54.6 Å². The van der Waals surface area contributed by atoms with E-state index in [4.69, 9.17) is 4.74 Å². The molecular formula is C30H41N3O6. The van der Waals surface area contributed by atoms with Crippen LogP contribution in [-0.2, 0) is 22.5 Å². The van der Waals surface area contributed by atoms with Crippen molar-refractivity contribution in [2.75, 3.05) is 13.2 Å². The monoisotopic (exact) mass is 539 g/mol. The number of rotatable bonds is 12. The van der Waals surface area contributed by atoms with Crippen LogP contribution in [0.4, 0.5) is 9.59 Å². The predicted octanol–water partition coefficient (Wildman–Crippen LogP) is 4.47. The van der Waals surface area contributed by atoms with Crippen molar-refractivity contribution in [3.63, 3.8) is 0 Å². The van der Waals surface area contributed by atoms with E-state index in [-0.39, 0.29) is 31.0 Å². The number of hydrogen-bond acceptors (Lipinski definition) is 6. The van der Waals surface area contributed by atoms with E-state index in [0.717, 1.165) is 16.9 Å². The number of ketones is 1. The van der Waals surface area contributed by atoms with Gasteiger partial charge in [-0.1, -0.05) is 62.7 Å². The van der Waals surface area contributed by atoms with Crippen LogP contribution in [0.2, 0.25) is 0 Å². The van der Waals surface area contributed by atoms with Gasteiger partial charge in [0.25, 0.3) is 5.91 Å². The Bertz CT molecular complexity index is 1110. The molecule has 0 aliphatic rings. The number of carbonyl (C=O) groups excluding carboxylic acids is 4. The van der Waals surface area contributed by atoms with Gasteiger partial charge in [0.15, 0.2) is 5.78 Å². The molecule has 0 radical (unpaired) electrons. The Hall–Kier alpha value is -3.72. The van der Waals surface area contributed by atoms with Gasteiger partial charge in [-0.25, -0.2) is 9.59 Å². The van der Waals surface area contributed by atoms with Crippen LogP contribution in [-0.4, -0.2) is 58.6 Å². The van der Waals surface area contributed by atoms with Crippen LogP contribution in [0.1, 0.15) is 68.9 Å². The number of aryl methyl sites for hydroxylation is 1. The molecule has 0 saturated heterocycles. The van der Waals surface area contributed by atoms with Gasteiger partial charge in [0.1, 0.15) is 12.2 Å². The molecule has 0 heterocycles. The maximum Gasteiger partial charge on any atom is 0.407 e. The third-order valence-corrected chi connectivity index (χ3v) is 6.10. The van der Waals surface area contributed by atoms with Crippen LogP contribution >= 0.6 is 0 Å². The maximum absolute atomic E-state index is 13.5. The number of aliphatic hydroxyl groups is 1. The highest BCUT2D eigenvalue weighted by Gasteiger charge is 2.28. The summed E-state index contributed by atoms with van der Waals surface area (Å²) in [4.78, 5) is 52.5. The number of amides is 4. The number of carbonyl (C=O) groups is 4. The van der Waals surface area contributed by atoms with Crippen LogP contribution in [0, 0.1) is 5.92 Å². The van der Waals surface area contributed by atoms with E-state index in [2.05, 4.69) is 10.6 Å². The lowest BCUT2D eigenvalue weighted by molar-refractivity contribution is -0.123. The van der Waals surface area contributed by atoms with Crippen LogP contribution in [0.3, 0.4) is 0 Å². The van der Waals surface area contributed by atoms with E-state index in [1.54, 1.807) is 45.0 Å². The number of aliphatic hydroxyl groups excluding tert-OH is 1. The normalized spacial score (nSPS) is 12.7. The van der Waals surface area contributed by atoms with Gasteiger partial charge in [-0.2, -0.15) is 0 Å². The van der Waals surface area contributed by atoms with Gasteiger partial charge < -0.3 is 20.5 Å². The minimum absolute atomic E-state index is 0.0213. The molecule has 1 unspecified atom stereocenters. The smallest absolute Gasteiger partial charge is 0.407 e. The molecule has 39 heavy (non-hydrogen) atoms.